The molecule has 0 saturated heterocycles. The first kappa shape index (κ1) is 29.7. The lowest BCUT2D eigenvalue weighted by molar-refractivity contribution is -0.111. The molecular weight excluding hydrogens is 494 g/mol. The summed E-state index contributed by atoms with van der Waals surface area (Å²) >= 11 is 0. The van der Waals surface area contributed by atoms with E-state index in [0.717, 1.165) is 30.3 Å². The van der Waals surface area contributed by atoms with Gasteiger partial charge in [-0.25, -0.2) is 4.98 Å². The van der Waals surface area contributed by atoms with Crippen molar-refractivity contribution in [2.75, 3.05) is 75.9 Å². The maximum absolute atomic E-state index is 5.59. The molecular formula is C26H41N5O7. The molecule has 2 heterocycles. The first-order valence-corrected chi connectivity index (χ1v) is 12.4. The Kier molecular flexibility index (Phi) is 11.6. The van der Waals surface area contributed by atoms with Crippen LogP contribution in [0, 0.1) is 0 Å². The molecule has 0 fully saturated rings. The van der Waals surface area contributed by atoms with Crippen LogP contribution in [0.1, 0.15) is 11.4 Å². The lowest BCUT2D eigenvalue weighted by Crippen LogP contribution is -2.42. The number of ether oxygens (including phenoxy) is 7. The van der Waals surface area contributed by atoms with Crippen LogP contribution in [-0.2, 0) is 38.6 Å². The Hall–Kier alpha value is -2.90. The topological polar surface area (TPSA) is 101 Å². The molecule has 1 aliphatic rings. The molecule has 3 rings (SSSR count). The fraction of sp³-hybridized carbons (Fsp3) is 0.615. The molecule has 38 heavy (non-hydrogen) atoms. The number of nitrogens with zero attached hydrogens (tertiary/aromatic N) is 5. The largest absolute Gasteiger partial charge is 0.493 e. The van der Waals surface area contributed by atoms with Crippen molar-refractivity contribution in [3.8, 4) is 17.2 Å². The van der Waals surface area contributed by atoms with Crippen molar-refractivity contribution in [2.24, 2.45) is 4.99 Å². The van der Waals surface area contributed by atoms with Gasteiger partial charge in [0, 0.05) is 53.9 Å². The maximum atomic E-state index is 5.59. The summed E-state index contributed by atoms with van der Waals surface area (Å²) in [5.41, 5.74) is 1.00. The van der Waals surface area contributed by atoms with Crippen molar-refractivity contribution in [3.05, 3.63) is 35.9 Å². The van der Waals surface area contributed by atoms with E-state index in [1.165, 1.54) is 0 Å². The third-order valence-corrected chi connectivity index (χ3v) is 6.46. The Morgan fingerprint density at radius 2 is 1.45 bits per heavy atom. The zero-order valence-corrected chi connectivity index (χ0v) is 23.5. The molecule has 0 saturated carbocycles. The van der Waals surface area contributed by atoms with E-state index in [4.69, 9.17) is 38.2 Å². The second kappa shape index (κ2) is 14.9. The Morgan fingerprint density at radius 1 is 0.816 bits per heavy atom. The molecule has 0 unspecified atom stereocenters. The van der Waals surface area contributed by atoms with Crippen molar-refractivity contribution in [2.45, 2.75) is 32.2 Å². The van der Waals surface area contributed by atoms with Crippen LogP contribution in [0.4, 0.5) is 0 Å². The molecule has 0 radical (unpaired) electrons. The lowest BCUT2D eigenvalue weighted by Gasteiger charge is -2.29. The van der Waals surface area contributed by atoms with E-state index in [1.54, 1.807) is 56.0 Å². The van der Waals surface area contributed by atoms with Gasteiger partial charge in [0.15, 0.2) is 24.1 Å². The van der Waals surface area contributed by atoms with Gasteiger partial charge in [-0.05, 0) is 17.7 Å². The fourth-order valence-electron chi connectivity index (χ4n) is 4.42. The van der Waals surface area contributed by atoms with Gasteiger partial charge in [-0.15, -0.1) is 0 Å². The van der Waals surface area contributed by atoms with Crippen LogP contribution in [0.5, 0.6) is 17.2 Å². The highest BCUT2D eigenvalue weighted by Gasteiger charge is 2.25. The van der Waals surface area contributed by atoms with Crippen molar-refractivity contribution < 1.29 is 33.2 Å². The Balaban J connectivity index is 1.88. The normalized spacial score (nSPS) is 13.6. The quantitative estimate of drug-likeness (QED) is 0.279. The van der Waals surface area contributed by atoms with Crippen LogP contribution in [0.2, 0.25) is 0 Å². The minimum atomic E-state index is -0.374. The summed E-state index contributed by atoms with van der Waals surface area (Å²) < 4.78 is 40.4. The zero-order chi connectivity index (χ0) is 27.5. The number of hydrogen-bond acceptors (Lipinski definition) is 11. The molecule has 212 valence electrons. The van der Waals surface area contributed by atoms with Gasteiger partial charge in [0.25, 0.3) is 0 Å². The Bertz CT molecular complexity index is 998. The summed E-state index contributed by atoms with van der Waals surface area (Å²) in [5.74, 6) is 3.63. The van der Waals surface area contributed by atoms with E-state index < -0.39 is 0 Å². The molecule has 1 aromatic heterocycles. The van der Waals surface area contributed by atoms with Crippen LogP contribution < -0.4 is 14.2 Å². The monoisotopic (exact) mass is 535 g/mol. The number of methoxy groups -OCH3 is 7. The molecule has 1 aromatic carbocycles. The van der Waals surface area contributed by atoms with E-state index in [2.05, 4.69) is 14.8 Å². The lowest BCUT2D eigenvalue weighted by atomic mass is 10.1. The average Bonchev–Trinajstić information content (AvgIpc) is 3.57. The first-order chi connectivity index (χ1) is 18.5. The first-order valence-electron chi connectivity index (χ1n) is 12.4. The van der Waals surface area contributed by atoms with Gasteiger partial charge in [-0.1, -0.05) is 0 Å². The SMILES string of the molecule is COc1cc(CN(CC2=NCCN2CC(OC)OC)Cc2nccn2CC(OC)OC)cc(OC)c1OC. The predicted molar refractivity (Wildman–Crippen MR) is 142 cm³/mol. The minimum Gasteiger partial charge on any atom is -0.493 e. The Labute approximate surface area is 225 Å². The Morgan fingerprint density at radius 3 is 2.03 bits per heavy atom. The van der Waals surface area contributed by atoms with Crippen LogP contribution in [0.3, 0.4) is 0 Å². The highest BCUT2D eigenvalue weighted by Crippen LogP contribution is 2.38. The number of aliphatic imine (C=N–C) groups is 1. The summed E-state index contributed by atoms with van der Waals surface area (Å²) in [6.45, 7) is 4.42. The van der Waals surface area contributed by atoms with Crippen molar-refractivity contribution >= 4 is 5.84 Å². The summed E-state index contributed by atoms with van der Waals surface area (Å²) in [6, 6.07) is 3.93. The number of rotatable bonds is 17. The molecule has 0 atom stereocenters. The van der Waals surface area contributed by atoms with Crippen LogP contribution in [0.25, 0.3) is 0 Å². The smallest absolute Gasteiger partial charge is 0.203 e. The number of hydrogen-bond donors (Lipinski definition) is 0. The average molecular weight is 536 g/mol. The van der Waals surface area contributed by atoms with Gasteiger partial charge in [0.2, 0.25) is 5.75 Å². The second-order valence-corrected chi connectivity index (χ2v) is 8.72. The summed E-state index contributed by atoms with van der Waals surface area (Å²) in [5, 5.41) is 0. The molecule has 0 N–H and O–H groups in total. The molecule has 0 bridgehead atoms. The van der Waals surface area contributed by atoms with E-state index in [1.807, 2.05) is 22.9 Å². The minimum absolute atomic E-state index is 0.333. The summed E-state index contributed by atoms with van der Waals surface area (Å²) in [7, 11) is 11.4. The summed E-state index contributed by atoms with van der Waals surface area (Å²) in [4.78, 5) is 13.9. The van der Waals surface area contributed by atoms with Crippen LogP contribution in [0.15, 0.2) is 29.5 Å². The van der Waals surface area contributed by atoms with Gasteiger partial charge in [-0.3, -0.25) is 9.89 Å². The van der Waals surface area contributed by atoms with Crippen molar-refractivity contribution in [1.82, 2.24) is 19.4 Å². The number of benzene rings is 1. The van der Waals surface area contributed by atoms with E-state index in [-0.39, 0.29) is 12.6 Å². The van der Waals surface area contributed by atoms with Crippen LogP contribution in [-0.4, -0.2) is 114 Å². The van der Waals surface area contributed by atoms with E-state index in [9.17, 15) is 0 Å². The van der Waals surface area contributed by atoms with Gasteiger partial charge >= 0.3 is 0 Å². The third-order valence-electron chi connectivity index (χ3n) is 6.46. The molecule has 0 amide bonds. The fourth-order valence-corrected chi connectivity index (χ4v) is 4.42. The molecule has 2 aromatic rings. The van der Waals surface area contributed by atoms with Crippen LogP contribution >= 0.6 is 0 Å². The summed E-state index contributed by atoms with van der Waals surface area (Å²) in [6.07, 6.45) is 3.01. The van der Waals surface area contributed by atoms with E-state index in [0.29, 0.717) is 50.0 Å². The predicted octanol–water partition coefficient (Wildman–Crippen LogP) is 1.86. The highest BCUT2D eigenvalue weighted by molar-refractivity contribution is 5.85. The van der Waals surface area contributed by atoms with Crippen molar-refractivity contribution in [3.63, 3.8) is 0 Å². The number of imidazole rings is 1. The van der Waals surface area contributed by atoms with Gasteiger partial charge in [0.1, 0.15) is 11.7 Å². The molecule has 12 heteroatoms. The second-order valence-electron chi connectivity index (χ2n) is 8.72. The van der Waals surface area contributed by atoms with Gasteiger partial charge in [0.05, 0.1) is 54.1 Å². The molecule has 0 spiro atoms. The highest BCUT2D eigenvalue weighted by atomic mass is 16.7. The van der Waals surface area contributed by atoms with Gasteiger partial charge in [-0.2, -0.15) is 0 Å². The standard InChI is InChI=1S/C26H41N5O7/c1-32-20-12-19(13-21(33-2)26(20)38-7)14-29(15-22-27-8-10-30(22)17-24(34-3)35-4)16-23-28-9-11-31(23)18-25(36-5)37-6/h8,10,12-13,24-25H,9,11,14-18H2,1-7H3. The third kappa shape index (κ3) is 7.58. The molecule has 0 aliphatic carbocycles. The molecule has 12 nitrogen and oxygen atoms in total. The van der Waals surface area contributed by atoms with Crippen molar-refractivity contribution in [1.29, 1.82) is 0 Å². The molecule has 1 aliphatic heterocycles. The number of amidine groups is 1. The maximum Gasteiger partial charge on any atom is 0.203 e. The van der Waals surface area contributed by atoms with E-state index >= 15 is 0 Å². The van der Waals surface area contributed by atoms with Gasteiger partial charge < -0.3 is 42.6 Å². The zero-order valence-electron chi connectivity index (χ0n) is 23.5. The number of aromatic nitrogens is 2.